The van der Waals surface area contributed by atoms with Gasteiger partial charge in [-0.05, 0) is 55.2 Å². The van der Waals surface area contributed by atoms with Crippen LogP contribution in [0.1, 0.15) is 42.4 Å². The molecule has 0 aliphatic heterocycles. The molecular weight excluding hydrogens is 538 g/mol. The molecule has 3 aromatic carbocycles. The van der Waals surface area contributed by atoms with E-state index in [1.165, 1.54) is 16.7 Å². The maximum atomic E-state index is 15.6. The summed E-state index contributed by atoms with van der Waals surface area (Å²) in [5, 5.41) is 3.70. The van der Waals surface area contributed by atoms with Crippen molar-refractivity contribution >= 4 is 12.4 Å². The molecule has 40 heavy (non-hydrogen) atoms. The van der Waals surface area contributed by atoms with Gasteiger partial charge in [0.15, 0.2) is 5.82 Å². The van der Waals surface area contributed by atoms with Crippen molar-refractivity contribution in [2.45, 2.75) is 39.5 Å². The second-order valence-electron chi connectivity index (χ2n) is 9.25. The van der Waals surface area contributed by atoms with Crippen molar-refractivity contribution in [1.82, 2.24) is 19.7 Å². The average Bonchev–Trinajstić information content (AvgIpc) is 3.37. The van der Waals surface area contributed by atoms with Crippen LogP contribution in [0.15, 0.2) is 80.8 Å². The highest BCUT2D eigenvalue weighted by Crippen LogP contribution is 2.32. The number of hydrogen-bond acceptors (Lipinski definition) is 5. The number of benzene rings is 3. The predicted molar refractivity (Wildman–Crippen MR) is 151 cm³/mol. The molecule has 10 heteroatoms. The molecule has 0 saturated carbocycles. The van der Waals surface area contributed by atoms with E-state index < -0.39 is 17.4 Å². The molecular formula is C30H27ClF2N4O3. The van der Waals surface area contributed by atoms with Crippen LogP contribution < -0.4 is 11.3 Å². The normalized spacial score (nSPS) is 10.9. The van der Waals surface area contributed by atoms with Gasteiger partial charge in [0.2, 0.25) is 0 Å². The van der Waals surface area contributed by atoms with Crippen molar-refractivity contribution in [3.63, 3.8) is 0 Å². The highest BCUT2D eigenvalue weighted by molar-refractivity contribution is 5.85. The average molecular weight is 565 g/mol. The van der Waals surface area contributed by atoms with Gasteiger partial charge >= 0.3 is 5.76 Å². The third-order valence-corrected chi connectivity index (χ3v) is 6.64. The summed E-state index contributed by atoms with van der Waals surface area (Å²) >= 11 is 0. The molecule has 0 bridgehead atoms. The van der Waals surface area contributed by atoms with Gasteiger partial charge in [0, 0.05) is 23.1 Å². The minimum atomic E-state index is -0.791. The first kappa shape index (κ1) is 28.6. The quantitative estimate of drug-likeness (QED) is 0.243. The second kappa shape index (κ2) is 12.2. The smallest absolute Gasteiger partial charge is 0.296 e. The molecule has 0 aliphatic carbocycles. The summed E-state index contributed by atoms with van der Waals surface area (Å²) in [4.78, 5) is 32.3. The Kier molecular flexibility index (Phi) is 8.74. The van der Waals surface area contributed by atoms with Crippen LogP contribution in [0.25, 0.3) is 28.2 Å². The molecule has 0 amide bonds. The zero-order valence-electron chi connectivity index (χ0n) is 21.9. The van der Waals surface area contributed by atoms with Crippen molar-refractivity contribution in [2.75, 3.05) is 0 Å². The Hall–Kier alpha value is -4.37. The Morgan fingerprint density at radius 2 is 1.57 bits per heavy atom. The lowest BCUT2D eigenvalue weighted by Crippen LogP contribution is -2.28. The number of H-pyrrole nitrogens is 1. The van der Waals surface area contributed by atoms with Crippen molar-refractivity contribution < 1.29 is 13.3 Å². The van der Waals surface area contributed by atoms with Crippen LogP contribution >= 0.6 is 12.4 Å². The topological polar surface area (TPSA) is 93.8 Å². The van der Waals surface area contributed by atoms with E-state index >= 15 is 8.78 Å². The van der Waals surface area contributed by atoms with Gasteiger partial charge in [0.25, 0.3) is 5.56 Å². The first-order valence-corrected chi connectivity index (χ1v) is 12.7. The van der Waals surface area contributed by atoms with E-state index in [-0.39, 0.29) is 46.9 Å². The number of aromatic nitrogens is 4. The minimum Gasteiger partial charge on any atom is -0.296 e. The van der Waals surface area contributed by atoms with E-state index in [2.05, 4.69) is 19.6 Å². The lowest BCUT2D eigenvalue weighted by atomic mass is 9.95. The number of halogens is 3. The lowest BCUT2D eigenvalue weighted by molar-refractivity contribution is 0.388. The summed E-state index contributed by atoms with van der Waals surface area (Å²) in [7, 11) is 0. The van der Waals surface area contributed by atoms with Crippen LogP contribution in [0.5, 0.6) is 0 Å². The van der Waals surface area contributed by atoms with Gasteiger partial charge in [-0.25, -0.2) is 18.6 Å². The zero-order chi connectivity index (χ0) is 27.5. The Morgan fingerprint density at radius 3 is 2.20 bits per heavy atom. The van der Waals surface area contributed by atoms with Crippen LogP contribution in [-0.2, 0) is 12.8 Å². The minimum absolute atomic E-state index is 0. The van der Waals surface area contributed by atoms with Gasteiger partial charge in [0.1, 0.15) is 17.5 Å². The number of nitrogens with zero attached hydrogens (tertiary/aromatic N) is 3. The largest absolute Gasteiger partial charge is 0.439 e. The summed E-state index contributed by atoms with van der Waals surface area (Å²) in [6, 6.07) is 18.3. The molecule has 1 N–H and O–H groups in total. The predicted octanol–water partition coefficient (Wildman–Crippen LogP) is 6.18. The molecule has 0 radical (unpaired) electrons. The number of aromatic amines is 1. The van der Waals surface area contributed by atoms with E-state index in [1.807, 2.05) is 25.1 Å². The molecule has 0 aliphatic rings. The van der Waals surface area contributed by atoms with Crippen molar-refractivity contribution in [3.8, 4) is 28.2 Å². The number of nitrogens with one attached hydrogen (secondary N) is 1. The standard InChI is InChI=1S/C30H26F2N4O3.ClH/c1-3-4-14-27-24(29(37)36(18(2)33-27)20-10-6-5-7-11-20)17-23-25(31)15-19(16-26(23)32)21-12-8-9-13-22(21)28-34-30(38)39-35-28;/h5-13,15-16H,3-4,14,17H2,1-2H3,(H,34,35,38);1H. The van der Waals surface area contributed by atoms with Crippen LogP contribution in [0.3, 0.4) is 0 Å². The summed E-state index contributed by atoms with van der Waals surface area (Å²) in [5.74, 6) is -1.66. The fourth-order valence-corrected chi connectivity index (χ4v) is 4.72. The lowest BCUT2D eigenvalue weighted by Gasteiger charge is -2.16. The number of para-hydroxylation sites is 1. The first-order chi connectivity index (χ1) is 18.9. The molecule has 206 valence electrons. The summed E-state index contributed by atoms with van der Waals surface area (Å²) < 4.78 is 37.2. The number of aryl methyl sites for hydroxylation is 2. The molecule has 0 saturated heterocycles. The van der Waals surface area contributed by atoms with Crippen molar-refractivity contribution in [3.05, 3.63) is 122 Å². The number of rotatable bonds is 8. The van der Waals surface area contributed by atoms with E-state index in [9.17, 15) is 9.59 Å². The SMILES string of the molecule is CCCCc1nc(C)n(-c2ccccc2)c(=O)c1Cc1c(F)cc(-c2ccccc2-c2noc(=O)[nH]2)cc1F.Cl. The summed E-state index contributed by atoms with van der Waals surface area (Å²) in [6.45, 7) is 3.78. The van der Waals surface area contributed by atoms with Gasteiger partial charge in [-0.3, -0.25) is 18.9 Å². The van der Waals surface area contributed by atoms with Gasteiger partial charge < -0.3 is 0 Å². The number of hydrogen-bond donors (Lipinski definition) is 1. The van der Waals surface area contributed by atoms with E-state index in [0.717, 1.165) is 12.8 Å². The highest BCUT2D eigenvalue weighted by atomic mass is 35.5. The highest BCUT2D eigenvalue weighted by Gasteiger charge is 2.21. The molecule has 0 spiro atoms. The molecule has 0 fully saturated rings. The van der Waals surface area contributed by atoms with E-state index in [1.54, 1.807) is 43.3 Å². The third kappa shape index (κ3) is 5.65. The fraction of sp³-hybridized carbons (Fsp3) is 0.200. The molecule has 5 aromatic rings. The van der Waals surface area contributed by atoms with E-state index in [0.29, 0.717) is 34.8 Å². The van der Waals surface area contributed by atoms with Crippen LogP contribution in [0, 0.1) is 18.6 Å². The molecule has 7 nitrogen and oxygen atoms in total. The molecule has 0 atom stereocenters. The maximum absolute atomic E-state index is 15.6. The maximum Gasteiger partial charge on any atom is 0.439 e. The Bertz CT molecular complexity index is 1740. The van der Waals surface area contributed by atoms with Crippen LogP contribution in [0.4, 0.5) is 8.78 Å². The fourth-order valence-electron chi connectivity index (χ4n) is 4.72. The molecule has 5 rings (SSSR count). The zero-order valence-corrected chi connectivity index (χ0v) is 22.7. The summed E-state index contributed by atoms with van der Waals surface area (Å²) in [5.41, 5.74) is 2.05. The second-order valence-corrected chi connectivity index (χ2v) is 9.25. The Balaban J connectivity index is 0.00000370. The van der Waals surface area contributed by atoms with Crippen LogP contribution in [-0.4, -0.2) is 19.7 Å². The number of unbranched alkanes of at least 4 members (excludes halogenated alkanes) is 1. The van der Waals surface area contributed by atoms with Crippen molar-refractivity contribution in [2.24, 2.45) is 0 Å². The molecule has 2 heterocycles. The monoisotopic (exact) mass is 564 g/mol. The van der Waals surface area contributed by atoms with Gasteiger partial charge in [0.05, 0.1) is 11.4 Å². The van der Waals surface area contributed by atoms with Crippen LogP contribution in [0.2, 0.25) is 0 Å². The summed E-state index contributed by atoms with van der Waals surface area (Å²) in [6.07, 6.45) is 1.96. The first-order valence-electron chi connectivity index (χ1n) is 12.7. The van der Waals surface area contributed by atoms with Gasteiger partial charge in [-0.15, -0.1) is 12.4 Å². The third-order valence-electron chi connectivity index (χ3n) is 6.64. The van der Waals surface area contributed by atoms with Crippen molar-refractivity contribution in [1.29, 1.82) is 0 Å². The van der Waals surface area contributed by atoms with Gasteiger partial charge in [-0.2, -0.15) is 0 Å². The Morgan fingerprint density at radius 1 is 0.925 bits per heavy atom. The van der Waals surface area contributed by atoms with Gasteiger partial charge in [-0.1, -0.05) is 61.0 Å². The molecule has 0 unspecified atom stereocenters. The molecule has 2 aromatic heterocycles. The Labute approximate surface area is 234 Å². The van der Waals surface area contributed by atoms with E-state index in [4.69, 9.17) is 0 Å².